The highest BCUT2D eigenvalue weighted by Crippen LogP contribution is 2.40. The van der Waals surface area contributed by atoms with Crippen LogP contribution < -0.4 is 0 Å². The van der Waals surface area contributed by atoms with Crippen molar-refractivity contribution in [2.45, 2.75) is 76.9 Å². The standard InChI is InChI=1S/C19H34N2O2/c1-3-8-19(23,9-4-2)11-18(22)21-13-15-12-20-10-6-5-7-17(20)16(15)14-21/h15-17,23H,3-14H2,1-2H3/t15-,16+,17+/m0/s1. The molecule has 1 amide bonds. The van der Waals surface area contributed by atoms with Crippen LogP contribution in [0.2, 0.25) is 0 Å². The van der Waals surface area contributed by atoms with Crippen LogP contribution in [0.1, 0.15) is 65.2 Å². The summed E-state index contributed by atoms with van der Waals surface area (Å²) < 4.78 is 0. The van der Waals surface area contributed by atoms with Gasteiger partial charge in [0.2, 0.25) is 5.91 Å². The maximum absolute atomic E-state index is 12.8. The van der Waals surface area contributed by atoms with E-state index in [1.165, 1.54) is 32.4 Å². The van der Waals surface area contributed by atoms with E-state index >= 15 is 0 Å². The average molecular weight is 322 g/mol. The zero-order chi connectivity index (χ0) is 16.4. The highest BCUT2D eigenvalue weighted by Gasteiger charge is 2.48. The fraction of sp³-hybridized carbons (Fsp3) is 0.947. The molecule has 4 heteroatoms. The molecule has 3 aliphatic rings. The summed E-state index contributed by atoms with van der Waals surface area (Å²) in [5, 5.41) is 10.8. The van der Waals surface area contributed by atoms with E-state index in [4.69, 9.17) is 0 Å². The van der Waals surface area contributed by atoms with Gasteiger partial charge in [-0.2, -0.15) is 0 Å². The maximum Gasteiger partial charge on any atom is 0.225 e. The van der Waals surface area contributed by atoms with Crippen molar-refractivity contribution >= 4 is 5.91 Å². The molecule has 3 atom stereocenters. The van der Waals surface area contributed by atoms with Crippen molar-refractivity contribution in [2.75, 3.05) is 26.2 Å². The van der Waals surface area contributed by atoms with Gasteiger partial charge in [0.15, 0.2) is 0 Å². The van der Waals surface area contributed by atoms with E-state index in [1.807, 2.05) is 0 Å². The van der Waals surface area contributed by atoms with E-state index in [2.05, 4.69) is 23.6 Å². The fourth-order valence-corrected chi connectivity index (χ4v) is 5.38. The van der Waals surface area contributed by atoms with E-state index in [9.17, 15) is 9.90 Å². The number of hydrogen-bond donors (Lipinski definition) is 1. The molecule has 0 aromatic rings. The monoisotopic (exact) mass is 322 g/mol. The number of piperidine rings is 1. The average Bonchev–Trinajstić information content (AvgIpc) is 3.05. The van der Waals surface area contributed by atoms with E-state index in [1.54, 1.807) is 0 Å². The summed E-state index contributed by atoms with van der Waals surface area (Å²) in [5.41, 5.74) is -0.783. The van der Waals surface area contributed by atoms with Crippen LogP contribution in [0.15, 0.2) is 0 Å². The second-order valence-corrected chi connectivity index (χ2v) is 8.18. The van der Waals surface area contributed by atoms with Crippen LogP contribution in [0.3, 0.4) is 0 Å². The van der Waals surface area contributed by atoms with Crippen molar-refractivity contribution < 1.29 is 9.90 Å². The van der Waals surface area contributed by atoms with E-state index in [0.29, 0.717) is 18.3 Å². The van der Waals surface area contributed by atoms with Gasteiger partial charge in [0.1, 0.15) is 0 Å². The van der Waals surface area contributed by atoms with Crippen LogP contribution in [-0.2, 0) is 4.79 Å². The molecular formula is C19H34N2O2. The second-order valence-electron chi connectivity index (χ2n) is 8.18. The molecule has 132 valence electrons. The van der Waals surface area contributed by atoms with Crippen LogP contribution in [0.5, 0.6) is 0 Å². The first-order chi connectivity index (χ1) is 11.1. The van der Waals surface area contributed by atoms with Crippen LogP contribution in [-0.4, -0.2) is 58.6 Å². The molecule has 0 spiro atoms. The molecule has 0 aromatic carbocycles. The summed E-state index contributed by atoms with van der Waals surface area (Å²) in [6, 6.07) is 0.719. The first-order valence-corrected chi connectivity index (χ1v) is 9.80. The molecule has 4 nitrogen and oxygen atoms in total. The fourth-order valence-electron chi connectivity index (χ4n) is 5.38. The lowest BCUT2D eigenvalue weighted by molar-refractivity contribution is -0.136. The summed E-state index contributed by atoms with van der Waals surface area (Å²) in [5.74, 6) is 1.54. The zero-order valence-electron chi connectivity index (χ0n) is 15.0. The number of amides is 1. The van der Waals surface area contributed by atoms with Gasteiger partial charge in [-0.25, -0.2) is 0 Å². The minimum absolute atomic E-state index is 0.186. The van der Waals surface area contributed by atoms with Gasteiger partial charge in [-0.05, 0) is 44.1 Å². The number of aliphatic hydroxyl groups is 1. The molecule has 0 aromatic heterocycles. The van der Waals surface area contributed by atoms with Crippen molar-refractivity contribution in [1.29, 1.82) is 0 Å². The molecule has 0 radical (unpaired) electrons. The van der Waals surface area contributed by atoms with Crippen molar-refractivity contribution in [3.63, 3.8) is 0 Å². The molecule has 3 rings (SSSR count). The largest absolute Gasteiger partial charge is 0.389 e. The van der Waals surface area contributed by atoms with Gasteiger partial charge in [0, 0.05) is 25.7 Å². The Hall–Kier alpha value is -0.610. The SMILES string of the molecule is CCCC(O)(CCC)CC(=O)N1C[C@@H]2CN3CCCC[C@@H]3[C@@H]2C1. The van der Waals surface area contributed by atoms with Gasteiger partial charge in [-0.15, -0.1) is 0 Å². The molecule has 0 unspecified atom stereocenters. The van der Waals surface area contributed by atoms with Gasteiger partial charge < -0.3 is 10.0 Å². The predicted molar refractivity (Wildman–Crippen MR) is 92.2 cm³/mol. The molecule has 23 heavy (non-hydrogen) atoms. The molecule has 0 bridgehead atoms. The van der Waals surface area contributed by atoms with Gasteiger partial charge in [0.25, 0.3) is 0 Å². The lowest BCUT2D eigenvalue weighted by Gasteiger charge is -2.34. The lowest BCUT2D eigenvalue weighted by atomic mass is 9.88. The number of carbonyl (C=O) groups is 1. The quantitative estimate of drug-likeness (QED) is 0.817. The van der Waals surface area contributed by atoms with Crippen molar-refractivity contribution in [1.82, 2.24) is 9.80 Å². The Morgan fingerprint density at radius 2 is 1.87 bits per heavy atom. The van der Waals surface area contributed by atoms with Crippen LogP contribution >= 0.6 is 0 Å². The minimum atomic E-state index is -0.783. The normalized spacial score (nSPS) is 31.3. The summed E-state index contributed by atoms with van der Waals surface area (Å²) in [4.78, 5) is 17.5. The summed E-state index contributed by atoms with van der Waals surface area (Å²) in [7, 11) is 0. The molecular weight excluding hydrogens is 288 g/mol. The van der Waals surface area contributed by atoms with Gasteiger partial charge >= 0.3 is 0 Å². The van der Waals surface area contributed by atoms with Gasteiger partial charge in [-0.1, -0.05) is 33.1 Å². The Kier molecular flexibility index (Phi) is 5.32. The first-order valence-electron chi connectivity index (χ1n) is 9.80. The maximum atomic E-state index is 12.8. The molecule has 3 heterocycles. The van der Waals surface area contributed by atoms with Crippen LogP contribution in [0, 0.1) is 11.8 Å². The predicted octanol–water partition coefficient (Wildman–Crippen LogP) is 2.65. The Balaban J connectivity index is 1.58. The molecule has 0 aliphatic carbocycles. The first kappa shape index (κ1) is 17.2. The highest BCUT2D eigenvalue weighted by atomic mass is 16.3. The lowest BCUT2D eigenvalue weighted by Crippen LogP contribution is -2.43. The minimum Gasteiger partial charge on any atom is -0.389 e. The van der Waals surface area contributed by atoms with Crippen LogP contribution in [0.4, 0.5) is 0 Å². The summed E-state index contributed by atoms with van der Waals surface area (Å²) in [6.45, 7) is 8.47. The topological polar surface area (TPSA) is 43.8 Å². The van der Waals surface area contributed by atoms with Crippen molar-refractivity contribution in [2.24, 2.45) is 11.8 Å². The molecule has 3 fully saturated rings. The second kappa shape index (κ2) is 7.10. The Morgan fingerprint density at radius 1 is 1.13 bits per heavy atom. The number of carbonyl (C=O) groups excluding carboxylic acids is 1. The third-order valence-corrected chi connectivity index (χ3v) is 6.38. The third kappa shape index (κ3) is 3.58. The summed E-state index contributed by atoms with van der Waals surface area (Å²) >= 11 is 0. The Labute approximate surface area is 141 Å². The van der Waals surface area contributed by atoms with Crippen molar-refractivity contribution in [3.8, 4) is 0 Å². The Bertz CT molecular complexity index is 420. The van der Waals surface area contributed by atoms with E-state index in [-0.39, 0.29) is 5.91 Å². The van der Waals surface area contributed by atoms with Gasteiger partial charge in [-0.3, -0.25) is 9.69 Å². The van der Waals surface area contributed by atoms with E-state index < -0.39 is 5.60 Å². The molecule has 3 aliphatic heterocycles. The van der Waals surface area contributed by atoms with E-state index in [0.717, 1.165) is 44.8 Å². The van der Waals surface area contributed by atoms with Crippen LogP contribution in [0.25, 0.3) is 0 Å². The molecule has 3 saturated heterocycles. The zero-order valence-corrected chi connectivity index (χ0v) is 15.0. The number of rotatable bonds is 6. The van der Waals surface area contributed by atoms with Gasteiger partial charge in [0.05, 0.1) is 12.0 Å². The third-order valence-electron chi connectivity index (χ3n) is 6.38. The number of fused-ring (bicyclic) bond motifs is 3. The number of hydrogen-bond acceptors (Lipinski definition) is 3. The van der Waals surface area contributed by atoms with Crippen molar-refractivity contribution in [3.05, 3.63) is 0 Å². The highest BCUT2D eigenvalue weighted by molar-refractivity contribution is 5.77. The smallest absolute Gasteiger partial charge is 0.225 e. The number of nitrogens with zero attached hydrogens (tertiary/aromatic N) is 2. The summed E-state index contributed by atoms with van der Waals surface area (Å²) in [6.07, 6.45) is 7.69. The molecule has 1 N–H and O–H groups in total. The Morgan fingerprint density at radius 3 is 2.57 bits per heavy atom. The number of likely N-dealkylation sites (tertiary alicyclic amines) is 1. The molecule has 0 saturated carbocycles.